The number of nitrogens with zero attached hydrogens (tertiary/aromatic N) is 4. The number of likely N-dealkylation sites (N-methyl/N-ethyl adjacent to an activating group) is 1. The van der Waals surface area contributed by atoms with Crippen molar-refractivity contribution in [2.24, 2.45) is 0 Å². The normalized spacial score (nSPS) is 18.2. The second kappa shape index (κ2) is 8.46. The molecule has 0 N–H and O–H groups in total. The predicted octanol–water partition coefficient (Wildman–Crippen LogP) is 2.00. The van der Waals surface area contributed by atoms with Crippen LogP contribution < -0.4 is 4.74 Å². The summed E-state index contributed by atoms with van der Waals surface area (Å²) in [5, 5.41) is 0. The highest BCUT2D eigenvalue weighted by Gasteiger charge is 2.53. The summed E-state index contributed by atoms with van der Waals surface area (Å²) < 4.78 is 10.5. The molecule has 166 valence electrons. The van der Waals surface area contributed by atoms with Crippen LogP contribution in [0.2, 0.25) is 0 Å². The summed E-state index contributed by atoms with van der Waals surface area (Å²) in [5.74, 6) is 4.78. The summed E-state index contributed by atoms with van der Waals surface area (Å²) in [5.41, 5.74) is -0.140. The van der Waals surface area contributed by atoms with Crippen molar-refractivity contribution in [2.45, 2.75) is 51.3 Å². The molecule has 3 heterocycles. The Labute approximate surface area is 181 Å². The molecule has 9 nitrogen and oxygen atoms in total. The van der Waals surface area contributed by atoms with E-state index in [-0.39, 0.29) is 18.5 Å². The Balaban J connectivity index is 1.82. The van der Waals surface area contributed by atoms with Crippen LogP contribution in [-0.2, 0) is 20.9 Å². The van der Waals surface area contributed by atoms with Crippen LogP contribution in [0.15, 0.2) is 29.8 Å². The summed E-state index contributed by atoms with van der Waals surface area (Å²) in [4.78, 5) is 45.6. The average molecular weight is 428 g/mol. The smallest absolute Gasteiger partial charge is 0.410 e. The molecular weight excluding hydrogens is 400 g/mol. The van der Waals surface area contributed by atoms with Gasteiger partial charge < -0.3 is 24.2 Å². The van der Waals surface area contributed by atoms with Crippen LogP contribution in [0.1, 0.15) is 39.2 Å². The van der Waals surface area contributed by atoms with Gasteiger partial charge in [-0.25, -0.2) is 19.4 Å². The molecule has 1 spiro atoms. The number of piperidine rings is 1. The number of likely N-dealkylation sites (tertiary alicyclic amines) is 1. The van der Waals surface area contributed by atoms with Crippen LogP contribution in [0.25, 0.3) is 0 Å². The third kappa shape index (κ3) is 4.29. The number of pyridine rings is 1. The van der Waals surface area contributed by atoms with Crippen LogP contribution in [-0.4, -0.2) is 76.0 Å². The van der Waals surface area contributed by atoms with E-state index in [1.807, 2.05) is 32.8 Å². The Morgan fingerprint density at radius 3 is 2.35 bits per heavy atom. The summed E-state index contributed by atoms with van der Waals surface area (Å²) in [6.45, 7) is 6.53. The Hall–Kier alpha value is -3.28. The number of aromatic nitrogens is 1. The molecule has 0 radical (unpaired) electrons. The van der Waals surface area contributed by atoms with Gasteiger partial charge in [0.1, 0.15) is 17.2 Å². The third-order valence-electron chi connectivity index (χ3n) is 5.70. The van der Waals surface area contributed by atoms with Gasteiger partial charge in [-0.1, -0.05) is 6.07 Å². The number of amides is 1. The quantitative estimate of drug-likeness (QED) is 0.675. The molecule has 2 fully saturated rings. The molecule has 1 aromatic heterocycles. The van der Waals surface area contributed by atoms with E-state index in [9.17, 15) is 14.4 Å². The Kier molecular flexibility index (Phi) is 6.11. The van der Waals surface area contributed by atoms with E-state index < -0.39 is 11.1 Å². The second-order valence-electron chi connectivity index (χ2n) is 8.73. The van der Waals surface area contributed by atoms with Crippen molar-refractivity contribution in [3.8, 4) is 5.88 Å². The lowest BCUT2D eigenvalue weighted by atomic mass is 9.84. The maximum atomic E-state index is 12.4. The molecule has 0 unspecified atom stereocenters. The van der Waals surface area contributed by atoms with E-state index in [1.165, 1.54) is 7.11 Å². The van der Waals surface area contributed by atoms with Crippen LogP contribution in [0.4, 0.5) is 4.79 Å². The van der Waals surface area contributed by atoms with Crippen molar-refractivity contribution in [3.05, 3.63) is 35.4 Å². The van der Waals surface area contributed by atoms with E-state index in [2.05, 4.69) is 10.9 Å². The van der Waals surface area contributed by atoms with Crippen LogP contribution >= 0.6 is 0 Å². The Morgan fingerprint density at radius 2 is 1.87 bits per heavy atom. The molecule has 1 amide bonds. The Morgan fingerprint density at radius 1 is 1.19 bits per heavy atom. The molecular formula is C22H28N4O5. The van der Waals surface area contributed by atoms with Gasteiger partial charge >= 0.3 is 6.09 Å². The highest BCUT2D eigenvalue weighted by Crippen LogP contribution is 2.45. The number of hydrogen-bond acceptors (Lipinski definition) is 8. The third-order valence-corrected chi connectivity index (χ3v) is 5.70. The molecule has 0 aliphatic carbocycles. The minimum absolute atomic E-state index is 0.264. The molecule has 2 aliphatic heterocycles. The first-order chi connectivity index (χ1) is 14.6. The number of rotatable bonds is 3. The van der Waals surface area contributed by atoms with Crippen molar-refractivity contribution in [2.75, 3.05) is 27.2 Å². The fourth-order valence-corrected chi connectivity index (χ4v) is 4.09. The molecule has 9 heteroatoms. The summed E-state index contributed by atoms with van der Waals surface area (Å²) in [7, 11) is 3.30. The fourth-order valence-electron chi connectivity index (χ4n) is 4.09. The predicted molar refractivity (Wildman–Crippen MR) is 112 cm³/mol. The number of carbonyl (C=O) groups is 1. The van der Waals surface area contributed by atoms with Gasteiger partial charge in [-0.2, -0.15) is 0 Å². The van der Waals surface area contributed by atoms with Gasteiger partial charge in [0.05, 0.1) is 19.2 Å². The van der Waals surface area contributed by atoms with E-state index in [1.54, 1.807) is 34.0 Å². The molecule has 0 bridgehead atoms. The lowest BCUT2D eigenvalue weighted by molar-refractivity contribution is 0.0122. The maximum Gasteiger partial charge on any atom is 0.410 e. The van der Waals surface area contributed by atoms with Gasteiger partial charge in [0.2, 0.25) is 5.88 Å². The first-order valence-electron chi connectivity index (χ1n) is 10.1. The van der Waals surface area contributed by atoms with E-state index >= 15 is 0 Å². The summed E-state index contributed by atoms with van der Waals surface area (Å²) in [6.07, 6.45) is 2.19. The van der Waals surface area contributed by atoms with Gasteiger partial charge in [0, 0.05) is 32.4 Å². The molecule has 2 aliphatic rings. The number of carbonyl (C=O) groups excluding carboxylic acids is 3. The second-order valence-corrected chi connectivity index (χ2v) is 8.73. The van der Waals surface area contributed by atoms with E-state index in [0.717, 1.165) is 5.56 Å². The van der Waals surface area contributed by atoms with Crippen molar-refractivity contribution < 1.29 is 23.9 Å². The van der Waals surface area contributed by atoms with Gasteiger partial charge in [-0.05, 0) is 39.2 Å². The molecule has 0 atom stereocenters. The minimum atomic E-state index is -0.729. The first kappa shape index (κ1) is 22.4. The SMILES string of the molecule is COc1ccc(CN2C(=C=O)N(C)C3(CCN(C(=O)OC(C)(C)C)CC3)C2=C=O)cn1. The van der Waals surface area contributed by atoms with Gasteiger partial charge in [0.15, 0.2) is 11.8 Å². The number of ether oxygens (including phenoxy) is 2. The monoisotopic (exact) mass is 428 g/mol. The molecule has 31 heavy (non-hydrogen) atoms. The first-order valence-corrected chi connectivity index (χ1v) is 10.1. The largest absolute Gasteiger partial charge is 0.481 e. The molecule has 3 rings (SSSR count). The topological polar surface area (TPSA) is 92.3 Å². The zero-order valence-corrected chi connectivity index (χ0v) is 18.6. The van der Waals surface area contributed by atoms with E-state index in [0.29, 0.717) is 37.5 Å². The highest BCUT2D eigenvalue weighted by atomic mass is 16.6. The van der Waals surface area contributed by atoms with Crippen molar-refractivity contribution in [3.63, 3.8) is 0 Å². The van der Waals surface area contributed by atoms with Crippen molar-refractivity contribution >= 4 is 18.0 Å². The average Bonchev–Trinajstić information content (AvgIpc) is 2.94. The maximum absolute atomic E-state index is 12.4. The van der Waals surface area contributed by atoms with E-state index in [4.69, 9.17) is 9.47 Å². The van der Waals surface area contributed by atoms with Crippen LogP contribution in [0.3, 0.4) is 0 Å². The molecule has 0 aromatic carbocycles. The molecule has 1 aromatic rings. The lowest BCUT2D eigenvalue weighted by Crippen LogP contribution is -2.53. The number of methoxy groups -OCH3 is 1. The van der Waals surface area contributed by atoms with Crippen molar-refractivity contribution in [1.29, 1.82) is 0 Å². The van der Waals surface area contributed by atoms with Crippen LogP contribution in [0, 0.1) is 0 Å². The summed E-state index contributed by atoms with van der Waals surface area (Å²) >= 11 is 0. The van der Waals surface area contributed by atoms with Crippen molar-refractivity contribution in [1.82, 2.24) is 19.7 Å². The zero-order chi connectivity index (χ0) is 22.8. The molecule has 2 saturated heterocycles. The highest BCUT2D eigenvalue weighted by molar-refractivity contribution is 5.69. The Bertz CT molecular complexity index is 932. The van der Waals surface area contributed by atoms with Gasteiger partial charge in [0.25, 0.3) is 0 Å². The van der Waals surface area contributed by atoms with Crippen LogP contribution in [0.5, 0.6) is 5.88 Å². The fraction of sp³-hybridized carbons (Fsp3) is 0.545. The minimum Gasteiger partial charge on any atom is -0.481 e. The summed E-state index contributed by atoms with van der Waals surface area (Å²) in [6, 6.07) is 3.55. The molecule has 0 saturated carbocycles. The zero-order valence-electron chi connectivity index (χ0n) is 18.6. The number of hydrogen-bond donors (Lipinski definition) is 0. The lowest BCUT2D eigenvalue weighted by Gasteiger charge is -2.42. The van der Waals surface area contributed by atoms with Gasteiger partial charge in [-0.3, -0.25) is 0 Å². The van der Waals surface area contributed by atoms with Gasteiger partial charge in [-0.15, -0.1) is 0 Å². The standard InChI is InChI=1S/C22H28N4O5/c1-21(2,3)31-20(29)25-10-8-22(9-11-25)17(14-27)26(19(15-28)24(22)4)13-16-6-7-18(30-5)23-12-16/h6-7,12H,8-11,13H2,1-5H3.